The van der Waals surface area contributed by atoms with Gasteiger partial charge in [0.05, 0.1) is 16.6 Å². The molecule has 0 aliphatic carbocycles. The lowest BCUT2D eigenvalue weighted by molar-refractivity contribution is 0.0378. The number of carbonyl (C=O) groups excluding carboxylic acids is 2. The Morgan fingerprint density at radius 1 is 1.03 bits per heavy atom. The van der Waals surface area contributed by atoms with E-state index in [1.165, 1.54) is 16.4 Å². The Bertz CT molecular complexity index is 1040. The summed E-state index contributed by atoms with van der Waals surface area (Å²) in [5.74, 6) is -0.845. The van der Waals surface area contributed by atoms with Crippen molar-refractivity contribution in [3.63, 3.8) is 0 Å². The molecule has 0 aromatic heterocycles. The van der Waals surface area contributed by atoms with Gasteiger partial charge in [-0.05, 0) is 75.6 Å². The van der Waals surface area contributed by atoms with Crippen molar-refractivity contribution in [1.82, 2.24) is 4.31 Å². The molecule has 160 valence electrons. The SMILES string of the molecule is Cc1ccc(S(=O)(=O)N2CCCC2)cc1C(=O)Nc1ccc(C(=O)OC(C)C)cc1. The number of ether oxygens (including phenoxy) is 1. The molecule has 0 atom stereocenters. The van der Waals surface area contributed by atoms with Crippen LogP contribution in [0, 0.1) is 6.92 Å². The van der Waals surface area contributed by atoms with E-state index < -0.39 is 21.9 Å². The standard InChI is InChI=1S/C22H26N2O5S/c1-15(2)29-22(26)17-7-9-18(10-8-17)23-21(25)20-14-19(11-6-16(20)3)30(27,28)24-12-4-5-13-24/h6-11,14-15H,4-5,12-13H2,1-3H3,(H,23,25). The molecule has 2 aromatic rings. The lowest BCUT2D eigenvalue weighted by Gasteiger charge is -2.17. The lowest BCUT2D eigenvalue weighted by atomic mass is 10.1. The highest BCUT2D eigenvalue weighted by atomic mass is 32.2. The number of benzene rings is 2. The summed E-state index contributed by atoms with van der Waals surface area (Å²) in [5.41, 5.74) is 1.84. The predicted molar refractivity (Wildman–Crippen MR) is 114 cm³/mol. The zero-order valence-corrected chi connectivity index (χ0v) is 18.2. The average Bonchev–Trinajstić information content (AvgIpc) is 3.24. The predicted octanol–water partition coefficient (Wildman–Crippen LogP) is 3.60. The van der Waals surface area contributed by atoms with Crippen LogP contribution in [0.2, 0.25) is 0 Å². The molecule has 2 aromatic carbocycles. The van der Waals surface area contributed by atoms with Crippen LogP contribution in [0.5, 0.6) is 0 Å². The van der Waals surface area contributed by atoms with Crippen LogP contribution in [-0.4, -0.2) is 43.8 Å². The molecule has 1 heterocycles. The largest absolute Gasteiger partial charge is 0.459 e. The van der Waals surface area contributed by atoms with Crippen molar-refractivity contribution in [3.8, 4) is 0 Å². The summed E-state index contributed by atoms with van der Waals surface area (Å²) < 4.78 is 32.2. The number of amides is 1. The smallest absolute Gasteiger partial charge is 0.338 e. The van der Waals surface area contributed by atoms with E-state index >= 15 is 0 Å². The van der Waals surface area contributed by atoms with Crippen molar-refractivity contribution in [3.05, 3.63) is 59.2 Å². The molecule has 1 saturated heterocycles. The van der Waals surface area contributed by atoms with Crippen LogP contribution in [0.1, 0.15) is 53.0 Å². The number of carbonyl (C=O) groups is 2. The van der Waals surface area contributed by atoms with E-state index in [4.69, 9.17) is 4.74 Å². The molecule has 0 unspecified atom stereocenters. The third-order valence-corrected chi connectivity index (χ3v) is 6.77. The molecule has 30 heavy (non-hydrogen) atoms. The fourth-order valence-corrected chi connectivity index (χ4v) is 4.80. The Balaban J connectivity index is 1.78. The van der Waals surface area contributed by atoms with Gasteiger partial charge in [-0.2, -0.15) is 4.31 Å². The van der Waals surface area contributed by atoms with Crippen molar-refractivity contribution in [2.75, 3.05) is 18.4 Å². The highest BCUT2D eigenvalue weighted by Gasteiger charge is 2.28. The first kappa shape index (κ1) is 22.0. The number of nitrogens with one attached hydrogen (secondary N) is 1. The van der Waals surface area contributed by atoms with Gasteiger partial charge in [0.15, 0.2) is 0 Å². The molecule has 1 fully saturated rings. The Labute approximate surface area is 177 Å². The Morgan fingerprint density at radius 2 is 1.67 bits per heavy atom. The average molecular weight is 431 g/mol. The fourth-order valence-electron chi connectivity index (χ4n) is 3.25. The molecule has 0 spiro atoms. The van der Waals surface area contributed by atoms with Crippen molar-refractivity contribution in [2.45, 2.75) is 44.6 Å². The topological polar surface area (TPSA) is 92.8 Å². The molecular weight excluding hydrogens is 404 g/mol. The van der Waals surface area contributed by atoms with Crippen LogP contribution >= 0.6 is 0 Å². The van der Waals surface area contributed by atoms with E-state index in [1.54, 1.807) is 51.1 Å². The van der Waals surface area contributed by atoms with Crippen LogP contribution in [0.3, 0.4) is 0 Å². The van der Waals surface area contributed by atoms with E-state index in [0.717, 1.165) is 12.8 Å². The van der Waals surface area contributed by atoms with E-state index in [9.17, 15) is 18.0 Å². The molecule has 3 rings (SSSR count). The molecule has 0 radical (unpaired) electrons. The first-order chi connectivity index (χ1) is 14.2. The van der Waals surface area contributed by atoms with Gasteiger partial charge in [0, 0.05) is 24.3 Å². The van der Waals surface area contributed by atoms with Gasteiger partial charge in [-0.15, -0.1) is 0 Å². The van der Waals surface area contributed by atoms with Crippen LogP contribution in [0.4, 0.5) is 5.69 Å². The normalized spacial score (nSPS) is 14.7. The van der Waals surface area contributed by atoms with Crippen molar-refractivity contribution in [2.24, 2.45) is 0 Å². The number of aryl methyl sites for hydroxylation is 1. The number of hydrogen-bond donors (Lipinski definition) is 1. The van der Waals surface area contributed by atoms with Gasteiger partial charge >= 0.3 is 5.97 Å². The second-order valence-corrected chi connectivity index (χ2v) is 9.51. The van der Waals surface area contributed by atoms with Gasteiger partial charge < -0.3 is 10.1 Å². The molecule has 7 nitrogen and oxygen atoms in total. The maximum Gasteiger partial charge on any atom is 0.338 e. The minimum Gasteiger partial charge on any atom is -0.459 e. The molecule has 1 N–H and O–H groups in total. The van der Waals surface area contributed by atoms with Crippen LogP contribution in [0.15, 0.2) is 47.4 Å². The number of nitrogens with zero attached hydrogens (tertiary/aromatic N) is 1. The molecule has 0 saturated carbocycles. The third kappa shape index (κ3) is 4.88. The number of rotatable bonds is 6. The second-order valence-electron chi connectivity index (χ2n) is 7.57. The maximum absolute atomic E-state index is 12.8. The summed E-state index contributed by atoms with van der Waals surface area (Å²) in [6.07, 6.45) is 1.47. The molecule has 0 bridgehead atoms. The zero-order valence-electron chi connectivity index (χ0n) is 17.3. The van der Waals surface area contributed by atoms with E-state index in [2.05, 4.69) is 5.32 Å². The van der Waals surface area contributed by atoms with E-state index in [-0.39, 0.29) is 11.0 Å². The third-order valence-electron chi connectivity index (χ3n) is 4.88. The Kier molecular flexibility index (Phi) is 6.58. The number of esters is 1. The van der Waals surface area contributed by atoms with Gasteiger partial charge in [-0.1, -0.05) is 6.07 Å². The van der Waals surface area contributed by atoms with Gasteiger partial charge in [-0.25, -0.2) is 13.2 Å². The summed E-state index contributed by atoms with van der Waals surface area (Å²) in [7, 11) is -3.61. The molecule has 1 amide bonds. The first-order valence-corrected chi connectivity index (χ1v) is 11.4. The van der Waals surface area contributed by atoms with Crippen molar-refractivity contribution in [1.29, 1.82) is 0 Å². The lowest BCUT2D eigenvalue weighted by Crippen LogP contribution is -2.28. The summed E-state index contributed by atoms with van der Waals surface area (Å²) in [5, 5.41) is 2.75. The molecular formula is C22H26N2O5S. The van der Waals surface area contributed by atoms with Gasteiger partial charge in [0.2, 0.25) is 10.0 Å². The Morgan fingerprint density at radius 3 is 2.27 bits per heavy atom. The Hall–Kier alpha value is -2.71. The maximum atomic E-state index is 12.8. The van der Waals surface area contributed by atoms with E-state index in [0.29, 0.717) is 35.5 Å². The summed E-state index contributed by atoms with van der Waals surface area (Å²) >= 11 is 0. The highest BCUT2D eigenvalue weighted by molar-refractivity contribution is 7.89. The van der Waals surface area contributed by atoms with Crippen molar-refractivity contribution >= 4 is 27.6 Å². The number of sulfonamides is 1. The summed E-state index contributed by atoms with van der Waals surface area (Å²) in [4.78, 5) is 24.8. The fraction of sp³-hybridized carbons (Fsp3) is 0.364. The molecule has 8 heteroatoms. The minimum absolute atomic E-state index is 0.118. The van der Waals surface area contributed by atoms with E-state index in [1.807, 2.05) is 0 Å². The molecule has 1 aliphatic heterocycles. The summed E-state index contributed by atoms with van der Waals surface area (Å²) in [6.45, 7) is 6.30. The monoisotopic (exact) mass is 430 g/mol. The number of hydrogen-bond acceptors (Lipinski definition) is 5. The van der Waals surface area contributed by atoms with Gasteiger partial charge in [-0.3, -0.25) is 4.79 Å². The van der Waals surface area contributed by atoms with Crippen LogP contribution < -0.4 is 5.32 Å². The quantitative estimate of drug-likeness (QED) is 0.707. The van der Waals surface area contributed by atoms with Gasteiger partial charge in [0.25, 0.3) is 5.91 Å². The van der Waals surface area contributed by atoms with Crippen molar-refractivity contribution < 1.29 is 22.7 Å². The molecule has 1 aliphatic rings. The second kappa shape index (κ2) is 8.97. The summed E-state index contributed by atoms with van der Waals surface area (Å²) in [6, 6.07) is 11.0. The van der Waals surface area contributed by atoms with Gasteiger partial charge in [0.1, 0.15) is 0 Å². The van der Waals surface area contributed by atoms with Crippen LogP contribution in [0.25, 0.3) is 0 Å². The minimum atomic E-state index is -3.61. The highest BCUT2D eigenvalue weighted by Crippen LogP contribution is 2.24. The number of anilines is 1. The zero-order chi connectivity index (χ0) is 21.9. The van der Waals surface area contributed by atoms with Crippen LogP contribution in [-0.2, 0) is 14.8 Å². The first-order valence-electron chi connectivity index (χ1n) is 9.91.